The van der Waals surface area contributed by atoms with Crippen molar-refractivity contribution >= 4 is 27.5 Å². The number of rotatable bonds is 5. The second-order valence-electron chi connectivity index (χ2n) is 5.69. The summed E-state index contributed by atoms with van der Waals surface area (Å²) >= 11 is 3.54. The number of halogens is 1. The first-order chi connectivity index (χ1) is 10.3. The SMILES string of the molecule is CCCN(CC1CCCNC1)c1nc2c(Br)cccn2n1. The van der Waals surface area contributed by atoms with Crippen molar-refractivity contribution in [3.8, 4) is 0 Å². The summed E-state index contributed by atoms with van der Waals surface area (Å²) in [5, 5.41) is 8.13. The molecular weight excluding hydrogens is 330 g/mol. The van der Waals surface area contributed by atoms with Crippen LogP contribution in [-0.2, 0) is 0 Å². The van der Waals surface area contributed by atoms with Crippen LogP contribution in [0.3, 0.4) is 0 Å². The van der Waals surface area contributed by atoms with E-state index in [-0.39, 0.29) is 0 Å². The van der Waals surface area contributed by atoms with Crippen molar-refractivity contribution < 1.29 is 0 Å². The van der Waals surface area contributed by atoms with Crippen molar-refractivity contribution in [2.24, 2.45) is 5.92 Å². The van der Waals surface area contributed by atoms with Gasteiger partial charge in [0.25, 0.3) is 0 Å². The molecule has 0 saturated carbocycles. The van der Waals surface area contributed by atoms with Gasteiger partial charge in [0.15, 0.2) is 5.65 Å². The number of pyridine rings is 1. The molecule has 0 aromatic carbocycles. The third-order valence-electron chi connectivity index (χ3n) is 3.96. The average molecular weight is 352 g/mol. The van der Waals surface area contributed by atoms with Gasteiger partial charge in [-0.1, -0.05) is 6.92 Å². The molecule has 0 aliphatic carbocycles. The minimum absolute atomic E-state index is 0.695. The molecule has 21 heavy (non-hydrogen) atoms. The van der Waals surface area contributed by atoms with Crippen LogP contribution in [0.1, 0.15) is 26.2 Å². The van der Waals surface area contributed by atoms with E-state index < -0.39 is 0 Å². The Balaban J connectivity index is 1.82. The molecule has 3 heterocycles. The second-order valence-corrected chi connectivity index (χ2v) is 6.55. The molecule has 6 heteroatoms. The molecule has 2 aromatic heterocycles. The molecule has 0 amide bonds. The van der Waals surface area contributed by atoms with E-state index in [0.717, 1.165) is 48.7 Å². The predicted molar refractivity (Wildman–Crippen MR) is 88.8 cm³/mol. The van der Waals surface area contributed by atoms with Crippen molar-refractivity contribution in [3.63, 3.8) is 0 Å². The van der Waals surface area contributed by atoms with Crippen LogP contribution in [0.15, 0.2) is 22.8 Å². The summed E-state index contributed by atoms with van der Waals surface area (Å²) in [7, 11) is 0. The molecule has 1 aliphatic rings. The van der Waals surface area contributed by atoms with Gasteiger partial charge < -0.3 is 10.2 Å². The van der Waals surface area contributed by atoms with Crippen LogP contribution in [0.4, 0.5) is 5.95 Å². The Hall–Kier alpha value is -1.14. The van der Waals surface area contributed by atoms with E-state index in [1.54, 1.807) is 0 Å². The topological polar surface area (TPSA) is 45.5 Å². The fraction of sp³-hybridized carbons (Fsp3) is 0.600. The van der Waals surface area contributed by atoms with Gasteiger partial charge in [0, 0.05) is 19.3 Å². The molecule has 2 aromatic rings. The van der Waals surface area contributed by atoms with Crippen molar-refractivity contribution in [2.45, 2.75) is 26.2 Å². The van der Waals surface area contributed by atoms with Crippen molar-refractivity contribution in [1.82, 2.24) is 19.9 Å². The molecule has 1 unspecified atom stereocenters. The lowest BCUT2D eigenvalue weighted by Crippen LogP contribution is -2.39. The summed E-state index contributed by atoms with van der Waals surface area (Å²) in [5.41, 5.74) is 0.885. The molecule has 3 rings (SSSR count). The Bertz CT molecular complexity index is 591. The fourth-order valence-corrected chi connectivity index (χ4v) is 3.35. The summed E-state index contributed by atoms with van der Waals surface area (Å²) in [6.45, 7) is 6.51. The lowest BCUT2D eigenvalue weighted by atomic mass is 9.99. The number of piperidine rings is 1. The lowest BCUT2D eigenvalue weighted by molar-refractivity contribution is 0.375. The highest BCUT2D eigenvalue weighted by molar-refractivity contribution is 9.10. The molecule has 0 spiro atoms. The van der Waals surface area contributed by atoms with E-state index in [9.17, 15) is 0 Å². The second kappa shape index (κ2) is 6.75. The van der Waals surface area contributed by atoms with Gasteiger partial charge in [-0.3, -0.25) is 0 Å². The maximum Gasteiger partial charge on any atom is 0.245 e. The number of hydrogen-bond acceptors (Lipinski definition) is 4. The summed E-state index contributed by atoms with van der Waals surface area (Å²) in [6.07, 6.45) is 5.62. The Morgan fingerprint density at radius 3 is 3.14 bits per heavy atom. The first kappa shape index (κ1) is 14.8. The van der Waals surface area contributed by atoms with Gasteiger partial charge >= 0.3 is 0 Å². The number of fused-ring (bicyclic) bond motifs is 1. The van der Waals surface area contributed by atoms with Crippen molar-refractivity contribution in [3.05, 3.63) is 22.8 Å². The van der Waals surface area contributed by atoms with E-state index in [1.807, 2.05) is 22.8 Å². The number of aromatic nitrogens is 3. The monoisotopic (exact) mass is 351 g/mol. The van der Waals surface area contributed by atoms with Crippen LogP contribution < -0.4 is 10.2 Å². The Kier molecular flexibility index (Phi) is 4.75. The van der Waals surface area contributed by atoms with Gasteiger partial charge in [-0.15, -0.1) is 5.10 Å². The smallest absolute Gasteiger partial charge is 0.245 e. The molecule has 1 atom stereocenters. The van der Waals surface area contributed by atoms with E-state index in [4.69, 9.17) is 4.98 Å². The molecule has 1 aliphatic heterocycles. The van der Waals surface area contributed by atoms with Gasteiger partial charge in [0.2, 0.25) is 5.95 Å². The number of nitrogens with zero attached hydrogens (tertiary/aromatic N) is 4. The van der Waals surface area contributed by atoms with Gasteiger partial charge in [0.1, 0.15) is 0 Å². The highest BCUT2D eigenvalue weighted by Gasteiger charge is 2.20. The molecule has 1 saturated heterocycles. The van der Waals surface area contributed by atoms with Crippen molar-refractivity contribution in [2.75, 3.05) is 31.1 Å². The maximum atomic E-state index is 4.71. The number of nitrogens with one attached hydrogen (secondary N) is 1. The normalized spacial score (nSPS) is 19.0. The van der Waals surface area contributed by atoms with Crippen molar-refractivity contribution in [1.29, 1.82) is 0 Å². The molecule has 1 fully saturated rings. The van der Waals surface area contributed by atoms with E-state index in [1.165, 1.54) is 12.8 Å². The van der Waals surface area contributed by atoms with E-state index in [0.29, 0.717) is 5.92 Å². The number of anilines is 1. The first-order valence-electron chi connectivity index (χ1n) is 7.74. The highest BCUT2D eigenvalue weighted by Crippen LogP contribution is 2.21. The molecule has 114 valence electrons. The molecular formula is C15H22BrN5. The zero-order valence-corrected chi connectivity index (χ0v) is 14.0. The summed E-state index contributed by atoms with van der Waals surface area (Å²) < 4.78 is 2.83. The van der Waals surface area contributed by atoms with E-state index in [2.05, 4.69) is 38.2 Å². The zero-order valence-electron chi connectivity index (χ0n) is 12.4. The average Bonchev–Trinajstić information content (AvgIpc) is 2.93. The van der Waals surface area contributed by atoms with E-state index >= 15 is 0 Å². The predicted octanol–water partition coefficient (Wildman–Crippen LogP) is 2.71. The van der Waals surface area contributed by atoms with Gasteiger partial charge in [-0.05, 0) is 66.3 Å². The van der Waals surface area contributed by atoms with Crippen LogP contribution in [0.5, 0.6) is 0 Å². The summed E-state index contributed by atoms with van der Waals surface area (Å²) in [6, 6.07) is 3.98. The van der Waals surface area contributed by atoms with Crippen LogP contribution >= 0.6 is 15.9 Å². The molecule has 1 N–H and O–H groups in total. The third-order valence-corrected chi connectivity index (χ3v) is 4.58. The third kappa shape index (κ3) is 3.37. The Morgan fingerprint density at radius 1 is 1.52 bits per heavy atom. The minimum Gasteiger partial charge on any atom is -0.339 e. The lowest BCUT2D eigenvalue weighted by Gasteiger charge is -2.29. The fourth-order valence-electron chi connectivity index (χ4n) is 2.93. The number of hydrogen-bond donors (Lipinski definition) is 1. The van der Waals surface area contributed by atoms with Gasteiger partial charge in [-0.2, -0.15) is 4.98 Å². The molecule has 0 radical (unpaired) electrons. The zero-order chi connectivity index (χ0) is 14.7. The molecule has 5 nitrogen and oxygen atoms in total. The quantitative estimate of drug-likeness (QED) is 0.899. The maximum absolute atomic E-state index is 4.71. The van der Waals surface area contributed by atoms with Gasteiger partial charge in [-0.25, -0.2) is 4.52 Å². The van der Waals surface area contributed by atoms with Gasteiger partial charge in [0.05, 0.1) is 4.47 Å². The largest absolute Gasteiger partial charge is 0.339 e. The minimum atomic E-state index is 0.695. The van der Waals surface area contributed by atoms with Crippen LogP contribution in [-0.4, -0.2) is 40.8 Å². The standard InChI is InChI=1S/C15H22BrN5/c1-2-8-20(11-12-5-3-7-17-10-12)15-18-14-13(16)6-4-9-21(14)19-15/h4,6,9,12,17H,2-3,5,7-8,10-11H2,1H3. The summed E-state index contributed by atoms with van der Waals surface area (Å²) in [5.74, 6) is 1.54. The van der Waals surface area contributed by atoms with Crippen LogP contribution in [0.25, 0.3) is 5.65 Å². The van der Waals surface area contributed by atoms with Crippen LogP contribution in [0.2, 0.25) is 0 Å². The van der Waals surface area contributed by atoms with Crippen LogP contribution in [0, 0.1) is 5.92 Å². The highest BCUT2D eigenvalue weighted by atomic mass is 79.9. The first-order valence-corrected chi connectivity index (χ1v) is 8.53. The molecule has 0 bridgehead atoms. The Labute approximate surface area is 133 Å². The summed E-state index contributed by atoms with van der Waals surface area (Å²) in [4.78, 5) is 7.04. The Morgan fingerprint density at radius 2 is 2.43 bits per heavy atom.